The zero-order valence-corrected chi connectivity index (χ0v) is 9.53. The van der Waals surface area contributed by atoms with Gasteiger partial charge < -0.3 is 15.4 Å². The Morgan fingerprint density at radius 1 is 1.47 bits per heavy atom. The van der Waals surface area contributed by atoms with Gasteiger partial charge in [0.2, 0.25) is 5.91 Å². The molecule has 0 unspecified atom stereocenters. The van der Waals surface area contributed by atoms with Crippen LogP contribution in [0.15, 0.2) is 24.3 Å². The van der Waals surface area contributed by atoms with Gasteiger partial charge in [-0.3, -0.25) is 9.59 Å². The van der Waals surface area contributed by atoms with Crippen LogP contribution >= 0.6 is 0 Å². The lowest BCUT2D eigenvalue weighted by atomic mass is 10.2. The second-order valence-electron chi connectivity index (χ2n) is 3.86. The Hall–Kier alpha value is -1.88. The Morgan fingerprint density at radius 2 is 2.24 bits per heavy atom. The number of anilines is 1. The van der Waals surface area contributed by atoms with Gasteiger partial charge >= 0.3 is 5.97 Å². The molecule has 5 heteroatoms. The second-order valence-corrected chi connectivity index (χ2v) is 3.86. The average Bonchev–Trinajstić information content (AvgIpc) is 2.49. The number of esters is 1. The van der Waals surface area contributed by atoms with Crippen LogP contribution in [0.3, 0.4) is 0 Å². The van der Waals surface area contributed by atoms with Crippen molar-refractivity contribution in [3.05, 3.63) is 29.8 Å². The van der Waals surface area contributed by atoms with E-state index in [4.69, 9.17) is 0 Å². The van der Waals surface area contributed by atoms with E-state index in [0.29, 0.717) is 6.54 Å². The van der Waals surface area contributed by atoms with E-state index in [1.807, 2.05) is 24.3 Å². The lowest BCUT2D eigenvalue weighted by Gasteiger charge is -2.12. The zero-order chi connectivity index (χ0) is 12.3. The molecule has 0 spiro atoms. The van der Waals surface area contributed by atoms with E-state index in [0.717, 1.165) is 11.3 Å². The van der Waals surface area contributed by atoms with E-state index in [1.165, 1.54) is 7.11 Å². The first-order valence-electron chi connectivity index (χ1n) is 5.39. The van der Waals surface area contributed by atoms with Crippen molar-refractivity contribution in [1.29, 1.82) is 0 Å². The summed E-state index contributed by atoms with van der Waals surface area (Å²) >= 11 is 0. The van der Waals surface area contributed by atoms with Crippen LogP contribution in [0, 0.1) is 0 Å². The van der Waals surface area contributed by atoms with Crippen LogP contribution in [-0.4, -0.2) is 25.0 Å². The molecule has 0 saturated heterocycles. The molecule has 0 bridgehead atoms. The Labute approximate surface area is 99.2 Å². The van der Waals surface area contributed by atoms with Gasteiger partial charge in [-0.1, -0.05) is 18.2 Å². The molecule has 2 N–H and O–H groups in total. The number of fused-ring (bicyclic) bond motifs is 1. The van der Waals surface area contributed by atoms with Crippen LogP contribution in [0.25, 0.3) is 0 Å². The van der Waals surface area contributed by atoms with Gasteiger partial charge in [-0.2, -0.15) is 0 Å². The van der Waals surface area contributed by atoms with Crippen LogP contribution in [0.1, 0.15) is 12.0 Å². The van der Waals surface area contributed by atoms with Crippen LogP contribution < -0.4 is 10.6 Å². The fourth-order valence-electron chi connectivity index (χ4n) is 1.76. The molecule has 5 nitrogen and oxygen atoms in total. The number of nitrogens with one attached hydrogen (secondary N) is 2. The zero-order valence-electron chi connectivity index (χ0n) is 9.53. The van der Waals surface area contributed by atoms with Crippen molar-refractivity contribution in [3.63, 3.8) is 0 Å². The minimum atomic E-state index is -0.546. The molecular weight excluding hydrogens is 220 g/mol. The smallest absolute Gasteiger partial charge is 0.307 e. The topological polar surface area (TPSA) is 67.4 Å². The Kier molecular flexibility index (Phi) is 3.39. The molecule has 0 fully saturated rings. The molecule has 2 rings (SSSR count). The molecule has 0 aliphatic carbocycles. The summed E-state index contributed by atoms with van der Waals surface area (Å²) in [6.07, 6.45) is 0.0380. The molecule has 0 aromatic heterocycles. The first-order valence-corrected chi connectivity index (χ1v) is 5.39. The van der Waals surface area contributed by atoms with Gasteiger partial charge in [0.05, 0.1) is 19.6 Å². The maximum atomic E-state index is 11.8. The van der Waals surface area contributed by atoms with E-state index >= 15 is 0 Å². The largest absolute Gasteiger partial charge is 0.469 e. The molecule has 0 radical (unpaired) electrons. The second kappa shape index (κ2) is 4.97. The van der Waals surface area contributed by atoms with Gasteiger partial charge in [0.25, 0.3) is 0 Å². The summed E-state index contributed by atoms with van der Waals surface area (Å²) in [5.74, 6) is -0.607. The molecule has 1 aromatic carbocycles. The molecule has 0 saturated carbocycles. The number of benzene rings is 1. The van der Waals surface area contributed by atoms with Crippen molar-refractivity contribution < 1.29 is 14.3 Å². The van der Waals surface area contributed by atoms with Gasteiger partial charge in [-0.25, -0.2) is 0 Å². The lowest BCUT2D eigenvalue weighted by molar-refractivity contribution is -0.142. The van der Waals surface area contributed by atoms with E-state index in [9.17, 15) is 9.59 Å². The van der Waals surface area contributed by atoms with Crippen molar-refractivity contribution >= 4 is 17.6 Å². The number of methoxy groups -OCH3 is 1. The summed E-state index contributed by atoms with van der Waals surface area (Å²) in [5, 5.41) is 5.83. The summed E-state index contributed by atoms with van der Waals surface area (Å²) < 4.78 is 4.56. The first-order chi connectivity index (χ1) is 8.20. The van der Waals surface area contributed by atoms with Gasteiger partial charge in [0.15, 0.2) is 0 Å². The summed E-state index contributed by atoms with van der Waals surface area (Å²) in [7, 11) is 1.31. The Bertz CT molecular complexity index is 445. The minimum Gasteiger partial charge on any atom is -0.469 e. The van der Waals surface area contributed by atoms with Crippen molar-refractivity contribution in [2.75, 3.05) is 12.4 Å². The van der Waals surface area contributed by atoms with E-state index in [1.54, 1.807) is 0 Å². The maximum Gasteiger partial charge on any atom is 0.307 e. The first kappa shape index (κ1) is 11.6. The molecule has 1 aromatic rings. The SMILES string of the molecule is COC(=O)C[C@@H]1NCc2ccccc2NC1=O. The molecule has 1 aliphatic heterocycles. The summed E-state index contributed by atoms with van der Waals surface area (Å²) in [5.41, 5.74) is 1.80. The monoisotopic (exact) mass is 234 g/mol. The van der Waals surface area contributed by atoms with E-state index < -0.39 is 12.0 Å². The summed E-state index contributed by atoms with van der Waals surface area (Å²) in [6, 6.07) is 7.00. The molecule has 90 valence electrons. The summed E-state index contributed by atoms with van der Waals surface area (Å²) in [6.45, 7) is 0.552. The van der Waals surface area contributed by atoms with Gasteiger partial charge in [0, 0.05) is 12.2 Å². The number of amides is 1. The fourth-order valence-corrected chi connectivity index (χ4v) is 1.76. The van der Waals surface area contributed by atoms with Crippen molar-refractivity contribution in [2.45, 2.75) is 19.0 Å². The van der Waals surface area contributed by atoms with Crippen molar-refractivity contribution in [2.24, 2.45) is 0 Å². The number of hydrogen-bond donors (Lipinski definition) is 2. The highest BCUT2D eigenvalue weighted by Crippen LogP contribution is 2.18. The van der Waals surface area contributed by atoms with E-state index in [2.05, 4.69) is 15.4 Å². The number of carbonyl (C=O) groups excluding carboxylic acids is 2. The van der Waals surface area contributed by atoms with Gasteiger partial charge in [-0.05, 0) is 11.6 Å². The van der Waals surface area contributed by atoms with Crippen LogP contribution in [-0.2, 0) is 20.9 Å². The maximum absolute atomic E-state index is 11.8. The predicted octanol–water partition coefficient (Wildman–Crippen LogP) is 0.660. The molecule has 1 amide bonds. The Morgan fingerprint density at radius 3 is 3.00 bits per heavy atom. The van der Waals surface area contributed by atoms with Crippen LogP contribution in [0.5, 0.6) is 0 Å². The van der Waals surface area contributed by atoms with Gasteiger partial charge in [-0.15, -0.1) is 0 Å². The quantitative estimate of drug-likeness (QED) is 0.738. The summed E-state index contributed by atoms with van der Waals surface area (Å²) in [4.78, 5) is 23.0. The molecular formula is C12H14N2O3. The van der Waals surface area contributed by atoms with Crippen LogP contribution in [0.4, 0.5) is 5.69 Å². The highest BCUT2D eigenvalue weighted by molar-refractivity contribution is 5.98. The highest BCUT2D eigenvalue weighted by atomic mass is 16.5. The number of carbonyl (C=O) groups is 2. The average molecular weight is 234 g/mol. The third kappa shape index (κ3) is 2.62. The van der Waals surface area contributed by atoms with Crippen molar-refractivity contribution in [3.8, 4) is 0 Å². The number of para-hydroxylation sites is 1. The third-order valence-corrected chi connectivity index (χ3v) is 2.73. The van der Waals surface area contributed by atoms with Crippen molar-refractivity contribution in [1.82, 2.24) is 5.32 Å². The molecule has 1 aliphatic rings. The third-order valence-electron chi connectivity index (χ3n) is 2.73. The normalized spacial score (nSPS) is 18.9. The molecule has 17 heavy (non-hydrogen) atoms. The van der Waals surface area contributed by atoms with E-state index in [-0.39, 0.29) is 12.3 Å². The standard InChI is InChI=1S/C12H14N2O3/c1-17-11(15)6-10-12(16)14-9-5-3-2-4-8(9)7-13-10/h2-5,10,13H,6-7H2,1H3,(H,14,16)/t10-/m0/s1. The Balaban J connectivity index is 2.12. The lowest BCUT2D eigenvalue weighted by Crippen LogP contribution is -2.39. The predicted molar refractivity (Wildman–Crippen MR) is 62.3 cm³/mol. The number of hydrogen-bond acceptors (Lipinski definition) is 4. The number of ether oxygens (including phenoxy) is 1. The molecule has 1 atom stereocenters. The molecule has 1 heterocycles. The fraction of sp³-hybridized carbons (Fsp3) is 0.333. The highest BCUT2D eigenvalue weighted by Gasteiger charge is 2.25. The minimum absolute atomic E-state index is 0.0380. The van der Waals surface area contributed by atoms with Crippen LogP contribution in [0.2, 0.25) is 0 Å². The number of rotatable bonds is 2. The van der Waals surface area contributed by atoms with Gasteiger partial charge in [0.1, 0.15) is 0 Å².